The highest BCUT2D eigenvalue weighted by Gasteiger charge is 2.37. The maximum atomic E-state index is 13.0. The third-order valence-electron chi connectivity index (χ3n) is 4.30. The molecule has 1 fully saturated rings. The van der Waals surface area contributed by atoms with Gasteiger partial charge in [0.1, 0.15) is 0 Å². The molecule has 0 amide bonds. The Morgan fingerprint density at radius 3 is 2.44 bits per heavy atom. The van der Waals surface area contributed by atoms with Crippen molar-refractivity contribution in [2.45, 2.75) is 44.6 Å². The second-order valence-corrected chi connectivity index (χ2v) is 7.90. The van der Waals surface area contributed by atoms with Crippen LogP contribution in [0.3, 0.4) is 0 Å². The number of nitrogens with zero attached hydrogens (tertiary/aromatic N) is 1. The number of rotatable bonds is 7. The summed E-state index contributed by atoms with van der Waals surface area (Å²) in [7, 11) is -3.82. The maximum Gasteiger partial charge on any atom is 0.307 e. The summed E-state index contributed by atoms with van der Waals surface area (Å²) in [5, 5.41) is 9.23. The number of hydrogen-bond donors (Lipinski definition) is 1. The fourth-order valence-electron chi connectivity index (χ4n) is 2.94. The van der Waals surface area contributed by atoms with Crippen LogP contribution in [0.2, 0.25) is 0 Å². The van der Waals surface area contributed by atoms with Crippen LogP contribution in [0.25, 0.3) is 0 Å². The van der Waals surface area contributed by atoms with Crippen molar-refractivity contribution in [1.82, 2.24) is 4.31 Å². The van der Waals surface area contributed by atoms with Gasteiger partial charge in [-0.25, -0.2) is 8.42 Å². The van der Waals surface area contributed by atoms with Crippen molar-refractivity contribution in [3.63, 3.8) is 0 Å². The first-order chi connectivity index (χ1) is 11.8. The Morgan fingerprint density at radius 2 is 1.84 bits per heavy atom. The molecule has 2 unspecified atom stereocenters. The minimum Gasteiger partial charge on any atom is -0.490 e. The van der Waals surface area contributed by atoms with Crippen LogP contribution in [0.4, 0.5) is 0 Å². The molecule has 1 aromatic carbocycles. The zero-order valence-corrected chi connectivity index (χ0v) is 15.6. The molecule has 1 aliphatic heterocycles. The fraction of sp³-hybridized carbons (Fsp3) is 0.588. The molecule has 2 rings (SSSR count). The summed E-state index contributed by atoms with van der Waals surface area (Å²) in [5.74, 6) is -0.794. The Kier molecular flexibility index (Phi) is 6.29. The smallest absolute Gasteiger partial charge is 0.307 e. The number of benzene rings is 1. The summed E-state index contributed by atoms with van der Waals surface area (Å²) in [5.41, 5.74) is 0. The van der Waals surface area contributed by atoms with Crippen molar-refractivity contribution in [1.29, 1.82) is 0 Å². The molecule has 0 spiro atoms. The van der Waals surface area contributed by atoms with Gasteiger partial charge in [-0.1, -0.05) is 0 Å². The predicted octanol–water partition coefficient (Wildman–Crippen LogP) is 2.36. The van der Waals surface area contributed by atoms with Gasteiger partial charge in [-0.3, -0.25) is 4.79 Å². The number of aliphatic carboxylic acids is 1. The number of ether oxygens (including phenoxy) is 2. The molecule has 0 radical (unpaired) electrons. The van der Waals surface area contributed by atoms with Gasteiger partial charge in [0.05, 0.1) is 24.0 Å². The highest BCUT2D eigenvalue weighted by Crippen LogP contribution is 2.34. The van der Waals surface area contributed by atoms with E-state index in [-0.39, 0.29) is 17.5 Å². The van der Waals surface area contributed by atoms with Gasteiger partial charge in [-0.05, 0) is 45.7 Å². The minimum absolute atomic E-state index is 0.0178. The first-order valence-electron chi connectivity index (χ1n) is 8.45. The SMILES string of the molecule is CCOc1ccc(S(=O)(=O)N2CC(C(=O)O)CCC2C)cc1OCC. The topological polar surface area (TPSA) is 93.1 Å². The van der Waals surface area contributed by atoms with Crippen molar-refractivity contribution in [3.8, 4) is 11.5 Å². The quantitative estimate of drug-likeness (QED) is 0.791. The van der Waals surface area contributed by atoms with Gasteiger partial charge in [-0.15, -0.1) is 0 Å². The zero-order chi connectivity index (χ0) is 18.6. The van der Waals surface area contributed by atoms with Crippen LogP contribution >= 0.6 is 0 Å². The number of sulfonamides is 1. The van der Waals surface area contributed by atoms with E-state index in [1.807, 2.05) is 6.92 Å². The van der Waals surface area contributed by atoms with E-state index < -0.39 is 21.9 Å². The van der Waals surface area contributed by atoms with E-state index in [9.17, 15) is 18.3 Å². The molecule has 2 atom stereocenters. The van der Waals surface area contributed by atoms with E-state index in [1.165, 1.54) is 16.4 Å². The number of piperidine rings is 1. The first-order valence-corrected chi connectivity index (χ1v) is 9.89. The van der Waals surface area contributed by atoms with E-state index >= 15 is 0 Å². The first kappa shape index (κ1) is 19.5. The Hall–Kier alpha value is -1.80. The molecule has 1 aliphatic rings. The second kappa shape index (κ2) is 8.05. The molecule has 25 heavy (non-hydrogen) atoms. The predicted molar refractivity (Wildman–Crippen MR) is 92.5 cm³/mol. The van der Waals surface area contributed by atoms with E-state index in [1.54, 1.807) is 19.9 Å². The lowest BCUT2D eigenvalue weighted by molar-refractivity contribution is -0.143. The Balaban J connectivity index is 2.37. The lowest BCUT2D eigenvalue weighted by Crippen LogP contribution is -2.47. The summed E-state index contributed by atoms with van der Waals surface area (Å²) in [6.07, 6.45) is 1.00. The van der Waals surface area contributed by atoms with Crippen molar-refractivity contribution >= 4 is 16.0 Å². The molecule has 0 bridgehead atoms. The highest BCUT2D eigenvalue weighted by atomic mass is 32.2. The Morgan fingerprint density at radius 1 is 1.20 bits per heavy atom. The van der Waals surface area contributed by atoms with Crippen molar-refractivity contribution in [3.05, 3.63) is 18.2 Å². The summed E-state index contributed by atoms with van der Waals surface area (Å²) >= 11 is 0. The molecular weight excluding hydrogens is 346 g/mol. The average molecular weight is 371 g/mol. The summed E-state index contributed by atoms with van der Waals surface area (Å²) in [6, 6.07) is 4.24. The number of hydrogen-bond acceptors (Lipinski definition) is 5. The molecule has 140 valence electrons. The van der Waals surface area contributed by atoms with E-state index in [0.29, 0.717) is 37.6 Å². The number of carboxylic acid groups (broad SMARTS) is 1. The summed E-state index contributed by atoms with van der Waals surface area (Å²) in [4.78, 5) is 11.3. The van der Waals surface area contributed by atoms with Crippen LogP contribution in [0.5, 0.6) is 11.5 Å². The molecule has 0 aliphatic carbocycles. The van der Waals surface area contributed by atoms with Gasteiger partial charge in [0.25, 0.3) is 0 Å². The van der Waals surface area contributed by atoms with Crippen LogP contribution < -0.4 is 9.47 Å². The standard InChI is InChI=1S/C17H25NO6S/c1-4-23-15-9-8-14(10-16(15)24-5-2)25(21,22)18-11-13(17(19)20)7-6-12(18)3/h8-10,12-13H,4-7,11H2,1-3H3,(H,19,20). The average Bonchev–Trinajstić information content (AvgIpc) is 2.56. The van der Waals surface area contributed by atoms with Gasteiger partial charge in [0.2, 0.25) is 10.0 Å². The van der Waals surface area contributed by atoms with Crippen LogP contribution in [0, 0.1) is 5.92 Å². The van der Waals surface area contributed by atoms with Gasteiger partial charge < -0.3 is 14.6 Å². The summed E-state index contributed by atoms with van der Waals surface area (Å²) in [6.45, 7) is 6.24. The molecule has 0 aromatic heterocycles. The number of carboxylic acids is 1. The number of carbonyl (C=O) groups is 1. The molecule has 1 N–H and O–H groups in total. The molecule has 8 heteroatoms. The van der Waals surface area contributed by atoms with Crippen LogP contribution in [0.15, 0.2) is 23.1 Å². The second-order valence-electron chi connectivity index (χ2n) is 6.01. The van der Waals surface area contributed by atoms with Gasteiger partial charge in [0, 0.05) is 18.7 Å². The fourth-order valence-corrected chi connectivity index (χ4v) is 4.66. The normalized spacial score (nSPS) is 21.7. The van der Waals surface area contributed by atoms with Crippen LogP contribution in [-0.4, -0.2) is 49.6 Å². The third-order valence-corrected chi connectivity index (χ3v) is 6.27. The lowest BCUT2D eigenvalue weighted by Gasteiger charge is -2.35. The minimum atomic E-state index is -3.82. The van der Waals surface area contributed by atoms with Crippen molar-refractivity contribution in [2.24, 2.45) is 5.92 Å². The maximum absolute atomic E-state index is 13.0. The largest absolute Gasteiger partial charge is 0.490 e. The van der Waals surface area contributed by atoms with Crippen LogP contribution in [-0.2, 0) is 14.8 Å². The van der Waals surface area contributed by atoms with Gasteiger partial charge in [-0.2, -0.15) is 4.31 Å². The van der Waals surface area contributed by atoms with E-state index in [4.69, 9.17) is 9.47 Å². The zero-order valence-electron chi connectivity index (χ0n) is 14.8. The highest BCUT2D eigenvalue weighted by molar-refractivity contribution is 7.89. The van der Waals surface area contributed by atoms with Gasteiger partial charge in [0.15, 0.2) is 11.5 Å². The monoisotopic (exact) mass is 371 g/mol. The molecule has 0 saturated carbocycles. The molecule has 7 nitrogen and oxygen atoms in total. The lowest BCUT2D eigenvalue weighted by atomic mass is 9.96. The molecule has 1 aromatic rings. The van der Waals surface area contributed by atoms with Crippen LogP contribution in [0.1, 0.15) is 33.6 Å². The van der Waals surface area contributed by atoms with E-state index in [2.05, 4.69) is 0 Å². The van der Waals surface area contributed by atoms with E-state index in [0.717, 1.165) is 0 Å². The molecular formula is C17H25NO6S. The third kappa shape index (κ3) is 4.24. The van der Waals surface area contributed by atoms with Gasteiger partial charge >= 0.3 is 5.97 Å². The van der Waals surface area contributed by atoms with Crippen molar-refractivity contribution in [2.75, 3.05) is 19.8 Å². The Bertz CT molecular complexity index is 718. The Labute approximate surface area is 148 Å². The summed E-state index contributed by atoms with van der Waals surface area (Å²) < 4.78 is 38.3. The van der Waals surface area contributed by atoms with Crippen molar-refractivity contribution < 1.29 is 27.8 Å². The molecule has 1 saturated heterocycles. The molecule has 1 heterocycles.